The molecule has 82 valence electrons. The molecular formula is C11H14ClNO2. The fourth-order valence-electron chi connectivity index (χ4n) is 1.13. The van der Waals surface area contributed by atoms with Crippen molar-refractivity contribution in [2.45, 2.75) is 19.5 Å². The summed E-state index contributed by atoms with van der Waals surface area (Å²) in [5, 5.41) is 3.76. The maximum atomic E-state index is 11.1. The summed E-state index contributed by atoms with van der Waals surface area (Å²) in [5.74, 6) is -0.260. The molecule has 0 fully saturated rings. The lowest BCUT2D eigenvalue weighted by Crippen LogP contribution is -2.34. The van der Waals surface area contributed by atoms with Crippen molar-refractivity contribution in [3.63, 3.8) is 0 Å². The van der Waals surface area contributed by atoms with Gasteiger partial charge in [0.1, 0.15) is 6.04 Å². The van der Waals surface area contributed by atoms with Gasteiger partial charge < -0.3 is 10.1 Å². The van der Waals surface area contributed by atoms with Gasteiger partial charge in [0.15, 0.2) is 0 Å². The molecule has 1 aromatic rings. The Bertz CT molecular complexity index is 324. The number of ether oxygens (including phenoxy) is 1. The molecule has 0 saturated carbocycles. The van der Waals surface area contributed by atoms with E-state index in [1.165, 1.54) is 7.11 Å². The molecule has 15 heavy (non-hydrogen) atoms. The molecule has 0 unspecified atom stereocenters. The molecule has 0 aromatic heterocycles. The fourth-order valence-corrected chi connectivity index (χ4v) is 1.26. The maximum Gasteiger partial charge on any atom is 0.322 e. The van der Waals surface area contributed by atoms with Crippen molar-refractivity contribution in [3.05, 3.63) is 34.9 Å². The van der Waals surface area contributed by atoms with Gasteiger partial charge in [0, 0.05) is 11.6 Å². The Hall–Kier alpha value is -1.06. The van der Waals surface area contributed by atoms with Gasteiger partial charge in [-0.05, 0) is 24.6 Å². The Balaban J connectivity index is 2.43. The summed E-state index contributed by atoms with van der Waals surface area (Å²) in [4.78, 5) is 11.1. The van der Waals surface area contributed by atoms with E-state index in [2.05, 4.69) is 10.1 Å². The number of esters is 1. The van der Waals surface area contributed by atoms with Gasteiger partial charge in [-0.1, -0.05) is 23.7 Å². The molecule has 0 saturated heterocycles. The summed E-state index contributed by atoms with van der Waals surface area (Å²) in [6, 6.07) is 7.17. The van der Waals surface area contributed by atoms with E-state index in [9.17, 15) is 4.79 Å². The number of carbonyl (C=O) groups excluding carboxylic acids is 1. The predicted molar refractivity (Wildman–Crippen MR) is 59.8 cm³/mol. The molecule has 1 aromatic carbocycles. The van der Waals surface area contributed by atoms with Crippen molar-refractivity contribution in [1.29, 1.82) is 0 Å². The molecule has 4 heteroatoms. The van der Waals surface area contributed by atoms with Crippen LogP contribution in [0.5, 0.6) is 0 Å². The summed E-state index contributed by atoms with van der Waals surface area (Å²) >= 11 is 5.75. The third-order valence-electron chi connectivity index (χ3n) is 2.08. The summed E-state index contributed by atoms with van der Waals surface area (Å²) < 4.78 is 4.60. The zero-order valence-corrected chi connectivity index (χ0v) is 9.54. The standard InChI is InChI=1S/C11H14ClNO2/c1-8(11(14)15-2)13-7-9-3-5-10(12)6-4-9/h3-6,8,13H,7H2,1-2H3/t8-/m0/s1. The second-order valence-corrected chi connectivity index (χ2v) is 3.69. The number of nitrogens with one attached hydrogen (secondary N) is 1. The van der Waals surface area contributed by atoms with Crippen LogP contribution in [0.3, 0.4) is 0 Å². The lowest BCUT2D eigenvalue weighted by molar-refractivity contribution is -0.142. The highest BCUT2D eigenvalue weighted by Gasteiger charge is 2.11. The van der Waals surface area contributed by atoms with Gasteiger partial charge in [-0.3, -0.25) is 4.79 Å². The fraction of sp³-hybridized carbons (Fsp3) is 0.364. The van der Waals surface area contributed by atoms with Crippen molar-refractivity contribution in [2.24, 2.45) is 0 Å². The highest BCUT2D eigenvalue weighted by Crippen LogP contribution is 2.09. The van der Waals surface area contributed by atoms with Crippen molar-refractivity contribution in [3.8, 4) is 0 Å². The third-order valence-corrected chi connectivity index (χ3v) is 2.33. The third kappa shape index (κ3) is 3.90. The van der Waals surface area contributed by atoms with E-state index in [0.717, 1.165) is 5.56 Å². The van der Waals surface area contributed by atoms with Gasteiger partial charge in [0.05, 0.1) is 7.11 Å². The topological polar surface area (TPSA) is 38.3 Å². The second-order valence-electron chi connectivity index (χ2n) is 3.25. The number of rotatable bonds is 4. The minimum absolute atomic E-state index is 0.260. The SMILES string of the molecule is COC(=O)[C@H](C)NCc1ccc(Cl)cc1. The van der Waals surface area contributed by atoms with Crippen molar-refractivity contribution in [2.75, 3.05) is 7.11 Å². The molecule has 3 nitrogen and oxygen atoms in total. The first kappa shape index (κ1) is 12.0. The van der Waals surface area contributed by atoms with E-state index < -0.39 is 0 Å². The highest BCUT2D eigenvalue weighted by molar-refractivity contribution is 6.30. The monoisotopic (exact) mass is 227 g/mol. The molecule has 0 heterocycles. The molecule has 0 aliphatic rings. The molecule has 0 radical (unpaired) electrons. The number of carbonyl (C=O) groups is 1. The number of benzene rings is 1. The summed E-state index contributed by atoms with van der Waals surface area (Å²) in [6.07, 6.45) is 0. The molecule has 1 atom stereocenters. The van der Waals surface area contributed by atoms with Crippen LogP contribution < -0.4 is 5.32 Å². The number of methoxy groups -OCH3 is 1. The zero-order valence-electron chi connectivity index (χ0n) is 8.79. The van der Waals surface area contributed by atoms with Crippen LogP contribution in [0.2, 0.25) is 5.02 Å². The van der Waals surface area contributed by atoms with Crippen LogP contribution in [0.4, 0.5) is 0 Å². The van der Waals surface area contributed by atoms with E-state index in [1.807, 2.05) is 24.3 Å². The molecule has 1 rings (SSSR count). The Morgan fingerprint density at radius 1 is 1.47 bits per heavy atom. The lowest BCUT2D eigenvalue weighted by Gasteiger charge is -2.11. The Labute approximate surface area is 94.4 Å². The lowest BCUT2D eigenvalue weighted by atomic mass is 10.2. The van der Waals surface area contributed by atoms with E-state index in [0.29, 0.717) is 11.6 Å². The first-order chi connectivity index (χ1) is 7.13. The van der Waals surface area contributed by atoms with Gasteiger partial charge in [0.2, 0.25) is 0 Å². The van der Waals surface area contributed by atoms with Gasteiger partial charge in [0.25, 0.3) is 0 Å². The predicted octanol–water partition coefficient (Wildman–Crippen LogP) is 1.99. The minimum atomic E-state index is -0.300. The first-order valence-corrected chi connectivity index (χ1v) is 5.07. The van der Waals surface area contributed by atoms with E-state index in [1.54, 1.807) is 6.92 Å². The highest BCUT2D eigenvalue weighted by atomic mass is 35.5. The van der Waals surface area contributed by atoms with Gasteiger partial charge in [-0.15, -0.1) is 0 Å². The Morgan fingerprint density at radius 2 is 2.07 bits per heavy atom. The largest absolute Gasteiger partial charge is 0.468 e. The van der Waals surface area contributed by atoms with Crippen molar-refractivity contribution < 1.29 is 9.53 Å². The van der Waals surface area contributed by atoms with Crippen LogP contribution in [0.25, 0.3) is 0 Å². The Kier molecular flexibility index (Phi) is 4.59. The summed E-state index contributed by atoms with van der Waals surface area (Å²) in [7, 11) is 1.38. The molecule has 0 aliphatic carbocycles. The van der Waals surface area contributed by atoms with Crippen LogP contribution in [-0.4, -0.2) is 19.1 Å². The number of hydrogen-bond acceptors (Lipinski definition) is 3. The average molecular weight is 228 g/mol. The normalized spacial score (nSPS) is 12.2. The maximum absolute atomic E-state index is 11.1. The molecule has 1 N–H and O–H groups in total. The van der Waals surface area contributed by atoms with Crippen LogP contribution in [0.1, 0.15) is 12.5 Å². The quantitative estimate of drug-likeness (QED) is 0.800. The van der Waals surface area contributed by atoms with Crippen molar-refractivity contribution in [1.82, 2.24) is 5.32 Å². The van der Waals surface area contributed by atoms with Crippen LogP contribution in [-0.2, 0) is 16.1 Å². The minimum Gasteiger partial charge on any atom is -0.468 e. The van der Waals surface area contributed by atoms with E-state index in [4.69, 9.17) is 11.6 Å². The van der Waals surface area contributed by atoms with Crippen LogP contribution >= 0.6 is 11.6 Å². The number of hydrogen-bond donors (Lipinski definition) is 1. The summed E-state index contributed by atoms with van der Waals surface area (Å²) in [6.45, 7) is 2.38. The first-order valence-electron chi connectivity index (χ1n) is 4.69. The van der Waals surface area contributed by atoms with Gasteiger partial charge in [-0.2, -0.15) is 0 Å². The molecule has 0 spiro atoms. The summed E-state index contributed by atoms with van der Waals surface area (Å²) in [5.41, 5.74) is 1.08. The molecule has 0 aliphatic heterocycles. The average Bonchev–Trinajstić information content (AvgIpc) is 2.26. The number of halogens is 1. The zero-order chi connectivity index (χ0) is 11.3. The van der Waals surface area contributed by atoms with Crippen molar-refractivity contribution >= 4 is 17.6 Å². The smallest absolute Gasteiger partial charge is 0.322 e. The van der Waals surface area contributed by atoms with Gasteiger partial charge >= 0.3 is 5.97 Å². The molecule has 0 amide bonds. The van der Waals surface area contributed by atoms with E-state index >= 15 is 0 Å². The second kappa shape index (κ2) is 5.73. The molecular weight excluding hydrogens is 214 g/mol. The van der Waals surface area contributed by atoms with Crippen LogP contribution in [0.15, 0.2) is 24.3 Å². The Morgan fingerprint density at radius 3 is 2.60 bits per heavy atom. The van der Waals surface area contributed by atoms with Gasteiger partial charge in [-0.25, -0.2) is 0 Å². The molecule has 0 bridgehead atoms. The van der Waals surface area contributed by atoms with E-state index in [-0.39, 0.29) is 12.0 Å². The van der Waals surface area contributed by atoms with Crippen LogP contribution in [0, 0.1) is 0 Å².